The summed E-state index contributed by atoms with van der Waals surface area (Å²) in [5, 5.41) is 3.21. The fourth-order valence-corrected chi connectivity index (χ4v) is 4.66. The number of nitrogens with zero attached hydrogens (tertiary/aromatic N) is 1. The minimum absolute atomic E-state index is 0.104. The lowest BCUT2D eigenvalue weighted by Gasteiger charge is -2.33. The zero-order valence-corrected chi connectivity index (χ0v) is 27.7. The average molecular weight is 711 g/mol. The molecule has 1 amide bonds. The van der Waals surface area contributed by atoms with Gasteiger partial charge in [-0.3, -0.25) is 0 Å². The molecule has 0 atom stereocenters. The Balaban J connectivity index is 0.000000234. The standard InChI is InChI=1S/C17H22F3NO4.C12H14F3NO2.C4H8O2/c1-16(2,3)25-15(22)21-10-8-13(9-11-21)23-12-4-6-14(7-5-12)24-17(18,19)20;13-12(14,15)18-11-3-1-9(2-4-11)17-10-5-7-16-8-6-10;1-2-6-4-3-5-1/h4-7,13H,8-11H2,1-3H3;1-4,10,16H,5-8H2;1-4H2. The molecule has 3 aliphatic rings. The smallest absolute Gasteiger partial charge is 0.490 e. The summed E-state index contributed by atoms with van der Waals surface area (Å²) in [5.74, 6) is 0.501. The summed E-state index contributed by atoms with van der Waals surface area (Å²) in [6.45, 7) is 11.4. The molecule has 10 nitrogen and oxygen atoms in total. The maximum Gasteiger partial charge on any atom is 0.573 e. The first kappa shape index (κ1) is 39.8. The van der Waals surface area contributed by atoms with Crippen molar-refractivity contribution in [2.45, 2.75) is 77.0 Å². The Morgan fingerprint density at radius 1 is 0.653 bits per heavy atom. The minimum atomic E-state index is -4.71. The maximum atomic E-state index is 12.1. The molecule has 3 aliphatic heterocycles. The highest BCUT2D eigenvalue weighted by molar-refractivity contribution is 5.68. The summed E-state index contributed by atoms with van der Waals surface area (Å²) < 4.78 is 106. The van der Waals surface area contributed by atoms with Crippen LogP contribution in [0.25, 0.3) is 0 Å². The van der Waals surface area contributed by atoms with E-state index in [1.807, 2.05) is 20.8 Å². The van der Waals surface area contributed by atoms with Gasteiger partial charge < -0.3 is 43.4 Å². The number of halogens is 6. The van der Waals surface area contributed by atoms with Crippen molar-refractivity contribution in [3.05, 3.63) is 48.5 Å². The number of rotatable bonds is 6. The molecule has 49 heavy (non-hydrogen) atoms. The van der Waals surface area contributed by atoms with Crippen LogP contribution < -0.4 is 24.3 Å². The number of carbonyl (C=O) groups is 1. The number of hydrogen-bond donors (Lipinski definition) is 1. The van der Waals surface area contributed by atoms with Gasteiger partial charge in [0.15, 0.2) is 0 Å². The molecule has 2 aromatic carbocycles. The van der Waals surface area contributed by atoms with Gasteiger partial charge in [0.05, 0.1) is 26.4 Å². The SMILES string of the molecule is C1COCCO1.CC(C)(C)OC(=O)N1CCC(Oc2ccc(OC(F)(F)F)cc2)CC1.FC(F)(F)Oc1ccc(OC2CCNCC2)cc1. The van der Waals surface area contributed by atoms with Crippen molar-refractivity contribution in [1.29, 1.82) is 0 Å². The van der Waals surface area contributed by atoms with E-state index in [2.05, 4.69) is 14.8 Å². The van der Waals surface area contributed by atoms with Crippen molar-refractivity contribution < 1.29 is 64.3 Å². The van der Waals surface area contributed by atoms with Gasteiger partial charge in [-0.1, -0.05) is 0 Å². The van der Waals surface area contributed by atoms with Crippen LogP contribution in [0, 0.1) is 0 Å². The van der Waals surface area contributed by atoms with Crippen LogP contribution in [-0.4, -0.2) is 94.1 Å². The summed E-state index contributed by atoms with van der Waals surface area (Å²) in [6.07, 6.45) is -6.64. The lowest BCUT2D eigenvalue weighted by Crippen LogP contribution is -2.44. The van der Waals surface area contributed by atoms with E-state index in [-0.39, 0.29) is 29.8 Å². The summed E-state index contributed by atoms with van der Waals surface area (Å²) >= 11 is 0. The molecule has 276 valence electrons. The van der Waals surface area contributed by atoms with Gasteiger partial charge in [-0.2, -0.15) is 0 Å². The molecule has 0 saturated carbocycles. The van der Waals surface area contributed by atoms with Crippen molar-refractivity contribution in [1.82, 2.24) is 10.2 Å². The maximum absolute atomic E-state index is 12.1. The van der Waals surface area contributed by atoms with Gasteiger partial charge >= 0.3 is 18.8 Å². The molecule has 2 aromatic rings. The van der Waals surface area contributed by atoms with Crippen molar-refractivity contribution in [3.63, 3.8) is 0 Å². The third-order valence-electron chi connectivity index (χ3n) is 6.84. The molecule has 0 aromatic heterocycles. The van der Waals surface area contributed by atoms with E-state index in [4.69, 9.17) is 23.7 Å². The second-order valence-electron chi connectivity index (χ2n) is 12.1. The number of alkyl halides is 6. The molecule has 0 bridgehead atoms. The van der Waals surface area contributed by atoms with Crippen molar-refractivity contribution in [3.8, 4) is 23.0 Å². The molecule has 1 N–H and O–H groups in total. The second kappa shape index (κ2) is 18.9. The first-order valence-corrected chi connectivity index (χ1v) is 15.9. The van der Waals surface area contributed by atoms with E-state index in [0.29, 0.717) is 37.4 Å². The second-order valence-corrected chi connectivity index (χ2v) is 12.1. The van der Waals surface area contributed by atoms with Crippen LogP contribution in [0.4, 0.5) is 31.1 Å². The number of carbonyl (C=O) groups excluding carboxylic acids is 1. The fourth-order valence-electron chi connectivity index (χ4n) is 4.66. The molecule has 3 saturated heterocycles. The third-order valence-corrected chi connectivity index (χ3v) is 6.84. The summed E-state index contributed by atoms with van der Waals surface area (Å²) in [5.41, 5.74) is -0.537. The van der Waals surface area contributed by atoms with Gasteiger partial charge in [0.25, 0.3) is 0 Å². The Bertz CT molecular complexity index is 1210. The Kier molecular flexibility index (Phi) is 15.4. The highest BCUT2D eigenvalue weighted by Crippen LogP contribution is 2.28. The first-order valence-electron chi connectivity index (χ1n) is 15.9. The quantitative estimate of drug-likeness (QED) is 0.315. The fraction of sp³-hybridized carbons (Fsp3) is 0.606. The van der Waals surface area contributed by atoms with Crippen LogP contribution in [0.1, 0.15) is 46.5 Å². The zero-order chi connectivity index (χ0) is 35.9. The highest BCUT2D eigenvalue weighted by Gasteiger charge is 2.32. The molecule has 0 radical (unpaired) electrons. The van der Waals surface area contributed by atoms with E-state index in [9.17, 15) is 31.1 Å². The average Bonchev–Trinajstić information content (AvgIpc) is 3.03. The van der Waals surface area contributed by atoms with Crippen molar-refractivity contribution >= 4 is 6.09 Å². The zero-order valence-electron chi connectivity index (χ0n) is 27.7. The van der Waals surface area contributed by atoms with Crippen LogP contribution in [0.15, 0.2) is 48.5 Å². The number of amides is 1. The Labute approximate surface area is 281 Å². The number of hydrogen-bond acceptors (Lipinski definition) is 9. The number of piperidine rings is 2. The molecule has 16 heteroatoms. The van der Waals surface area contributed by atoms with E-state index in [1.165, 1.54) is 48.5 Å². The Morgan fingerprint density at radius 2 is 1.02 bits per heavy atom. The summed E-state index contributed by atoms with van der Waals surface area (Å²) in [4.78, 5) is 13.6. The van der Waals surface area contributed by atoms with Gasteiger partial charge in [-0.15, -0.1) is 26.3 Å². The van der Waals surface area contributed by atoms with E-state index in [0.717, 1.165) is 52.4 Å². The number of ether oxygens (including phenoxy) is 7. The summed E-state index contributed by atoms with van der Waals surface area (Å²) in [6, 6.07) is 10.8. The number of nitrogens with one attached hydrogen (secondary N) is 1. The molecule has 3 fully saturated rings. The molecule has 0 unspecified atom stereocenters. The lowest BCUT2D eigenvalue weighted by molar-refractivity contribution is -0.275. The van der Waals surface area contributed by atoms with Crippen LogP contribution in [-0.2, 0) is 14.2 Å². The molecule has 0 aliphatic carbocycles. The summed E-state index contributed by atoms with van der Waals surface area (Å²) in [7, 11) is 0. The largest absolute Gasteiger partial charge is 0.573 e. The molecule has 3 heterocycles. The van der Waals surface area contributed by atoms with Gasteiger partial charge in [-0.05, 0) is 95.2 Å². The minimum Gasteiger partial charge on any atom is -0.490 e. The van der Waals surface area contributed by atoms with E-state index in [1.54, 1.807) is 4.90 Å². The van der Waals surface area contributed by atoms with Gasteiger partial charge in [0.2, 0.25) is 0 Å². The van der Waals surface area contributed by atoms with E-state index >= 15 is 0 Å². The normalized spacial score (nSPS) is 17.8. The molecule has 5 rings (SSSR count). The molecular formula is C33H44F6N2O8. The van der Waals surface area contributed by atoms with Crippen molar-refractivity contribution in [2.75, 3.05) is 52.6 Å². The van der Waals surface area contributed by atoms with Gasteiger partial charge in [0.1, 0.15) is 40.8 Å². The first-order chi connectivity index (χ1) is 23.0. The number of benzene rings is 2. The topological polar surface area (TPSA) is 97.0 Å². The Hall–Kier alpha value is -3.63. The lowest BCUT2D eigenvalue weighted by atomic mass is 10.1. The predicted molar refractivity (Wildman–Crippen MR) is 166 cm³/mol. The third kappa shape index (κ3) is 17.5. The monoisotopic (exact) mass is 710 g/mol. The van der Waals surface area contributed by atoms with Crippen LogP contribution >= 0.6 is 0 Å². The van der Waals surface area contributed by atoms with Crippen LogP contribution in [0.3, 0.4) is 0 Å². The van der Waals surface area contributed by atoms with E-state index < -0.39 is 18.3 Å². The van der Waals surface area contributed by atoms with Crippen LogP contribution in [0.2, 0.25) is 0 Å². The number of likely N-dealkylation sites (tertiary alicyclic amines) is 1. The van der Waals surface area contributed by atoms with Gasteiger partial charge in [-0.25, -0.2) is 4.79 Å². The predicted octanol–water partition coefficient (Wildman–Crippen LogP) is 7.11. The molecule has 0 spiro atoms. The Morgan fingerprint density at radius 3 is 1.37 bits per heavy atom. The van der Waals surface area contributed by atoms with Gasteiger partial charge in [0, 0.05) is 25.9 Å². The van der Waals surface area contributed by atoms with Crippen LogP contribution in [0.5, 0.6) is 23.0 Å². The highest BCUT2D eigenvalue weighted by atomic mass is 19.4. The van der Waals surface area contributed by atoms with Crippen molar-refractivity contribution in [2.24, 2.45) is 0 Å². The molecular weight excluding hydrogens is 666 g/mol.